The maximum absolute atomic E-state index is 5.33. The van der Waals surface area contributed by atoms with Crippen LogP contribution in [0, 0.1) is 0 Å². The Morgan fingerprint density at radius 3 is 3.55 bits per heavy atom. The van der Waals surface area contributed by atoms with Gasteiger partial charge in [-0.15, -0.1) is 0 Å². The second-order valence-corrected chi connectivity index (χ2v) is 2.42. The largest absolute Gasteiger partial charge is 0.350 e. The van der Waals surface area contributed by atoms with Gasteiger partial charge in [0, 0.05) is 13.3 Å². The van der Waals surface area contributed by atoms with Crippen molar-refractivity contribution in [1.82, 2.24) is 9.78 Å². The van der Waals surface area contributed by atoms with Gasteiger partial charge in [0.1, 0.15) is 0 Å². The first-order valence-electron chi connectivity index (χ1n) is 3.58. The molecule has 1 aromatic rings. The van der Waals surface area contributed by atoms with Gasteiger partial charge >= 0.3 is 0 Å². The van der Waals surface area contributed by atoms with Crippen molar-refractivity contribution in [3.63, 3.8) is 0 Å². The molecule has 2 rings (SSSR count). The smallest absolute Gasteiger partial charge is 0.200 e. The minimum atomic E-state index is -0.230. The fourth-order valence-corrected chi connectivity index (χ4v) is 1.25. The fourth-order valence-electron chi connectivity index (χ4n) is 1.25. The monoisotopic (exact) mass is 154 g/mol. The van der Waals surface area contributed by atoms with Gasteiger partial charge in [-0.25, -0.2) is 0 Å². The summed E-state index contributed by atoms with van der Waals surface area (Å²) in [6, 6.07) is 1.91. The van der Waals surface area contributed by atoms with Gasteiger partial charge in [0.05, 0.1) is 18.8 Å². The molecule has 1 aromatic heterocycles. The van der Waals surface area contributed by atoms with E-state index in [1.54, 1.807) is 13.3 Å². The average Bonchev–Trinajstić information content (AvgIpc) is 2.50. The number of aromatic nitrogens is 2. The summed E-state index contributed by atoms with van der Waals surface area (Å²) in [4.78, 5) is 0. The molecule has 60 valence electrons. The highest BCUT2D eigenvalue weighted by Crippen LogP contribution is 2.20. The molecule has 0 saturated heterocycles. The lowest BCUT2D eigenvalue weighted by Crippen LogP contribution is -2.22. The van der Waals surface area contributed by atoms with Gasteiger partial charge in [0.25, 0.3) is 0 Å². The van der Waals surface area contributed by atoms with Crippen LogP contribution in [0.2, 0.25) is 0 Å². The van der Waals surface area contributed by atoms with E-state index in [2.05, 4.69) is 5.10 Å². The molecule has 2 heterocycles. The highest BCUT2D eigenvalue weighted by atomic mass is 16.7. The number of hydrogen-bond acceptors (Lipinski definition) is 3. The first kappa shape index (κ1) is 6.82. The minimum absolute atomic E-state index is 0.230. The zero-order chi connectivity index (χ0) is 7.68. The molecule has 1 atom stereocenters. The number of ether oxygens (including phenoxy) is 2. The molecule has 4 heteroatoms. The van der Waals surface area contributed by atoms with Crippen LogP contribution in [0.15, 0.2) is 12.3 Å². The molecule has 1 unspecified atom stereocenters. The van der Waals surface area contributed by atoms with Crippen molar-refractivity contribution in [2.24, 2.45) is 0 Å². The Morgan fingerprint density at radius 2 is 2.73 bits per heavy atom. The van der Waals surface area contributed by atoms with Crippen molar-refractivity contribution < 1.29 is 9.47 Å². The summed E-state index contributed by atoms with van der Waals surface area (Å²) in [6.07, 6.45) is 1.53. The standard InChI is InChI=1S/C7H10N2O2/c1-10-7-6-2-3-8-9(6)4-5-11-7/h2-3,7H,4-5H2,1H3. The van der Waals surface area contributed by atoms with Gasteiger partial charge in [-0.1, -0.05) is 0 Å². The van der Waals surface area contributed by atoms with E-state index in [0.29, 0.717) is 6.61 Å². The molecule has 1 aliphatic heterocycles. The first-order valence-corrected chi connectivity index (χ1v) is 3.58. The second kappa shape index (κ2) is 2.64. The minimum Gasteiger partial charge on any atom is -0.350 e. The lowest BCUT2D eigenvalue weighted by atomic mass is 10.4. The summed E-state index contributed by atoms with van der Waals surface area (Å²) in [5.41, 5.74) is 0.999. The van der Waals surface area contributed by atoms with Crippen molar-refractivity contribution in [1.29, 1.82) is 0 Å². The van der Waals surface area contributed by atoms with Crippen LogP contribution in [0.1, 0.15) is 12.0 Å². The molecule has 0 amide bonds. The highest BCUT2D eigenvalue weighted by molar-refractivity contribution is 5.03. The summed E-state index contributed by atoms with van der Waals surface area (Å²) in [7, 11) is 1.63. The quantitative estimate of drug-likeness (QED) is 0.593. The third-order valence-corrected chi connectivity index (χ3v) is 1.78. The molecular weight excluding hydrogens is 144 g/mol. The molecular formula is C7H10N2O2. The lowest BCUT2D eigenvalue weighted by Gasteiger charge is -2.22. The van der Waals surface area contributed by atoms with Gasteiger partial charge in [0.2, 0.25) is 6.29 Å². The van der Waals surface area contributed by atoms with E-state index < -0.39 is 0 Å². The number of nitrogens with zero attached hydrogens (tertiary/aromatic N) is 2. The van der Waals surface area contributed by atoms with Crippen molar-refractivity contribution in [3.05, 3.63) is 18.0 Å². The maximum Gasteiger partial charge on any atom is 0.200 e. The van der Waals surface area contributed by atoms with E-state index >= 15 is 0 Å². The second-order valence-electron chi connectivity index (χ2n) is 2.42. The Hall–Kier alpha value is -0.870. The van der Waals surface area contributed by atoms with Gasteiger partial charge in [-0.2, -0.15) is 5.10 Å². The molecule has 0 aromatic carbocycles. The van der Waals surface area contributed by atoms with E-state index in [9.17, 15) is 0 Å². The zero-order valence-corrected chi connectivity index (χ0v) is 6.36. The molecule has 0 fully saturated rings. The highest BCUT2D eigenvalue weighted by Gasteiger charge is 2.19. The molecule has 4 nitrogen and oxygen atoms in total. The van der Waals surface area contributed by atoms with E-state index in [4.69, 9.17) is 9.47 Å². The van der Waals surface area contributed by atoms with E-state index in [-0.39, 0.29) is 6.29 Å². The third-order valence-electron chi connectivity index (χ3n) is 1.78. The number of rotatable bonds is 1. The summed E-state index contributed by atoms with van der Waals surface area (Å²) in [5.74, 6) is 0. The van der Waals surface area contributed by atoms with Crippen LogP contribution in [0.3, 0.4) is 0 Å². The summed E-state index contributed by atoms with van der Waals surface area (Å²) in [5, 5.41) is 4.11. The van der Waals surface area contributed by atoms with Crippen LogP contribution < -0.4 is 0 Å². The Kier molecular flexibility index (Phi) is 1.63. The van der Waals surface area contributed by atoms with Crippen LogP contribution >= 0.6 is 0 Å². The van der Waals surface area contributed by atoms with Crippen LogP contribution in [-0.4, -0.2) is 23.5 Å². The Balaban J connectivity index is 2.32. The number of hydrogen-bond donors (Lipinski definition) is 0. The molecule has 0 N–H and O–H groups in total. The predicted molar refractivity (Wildman–Crippen MR) is 37.9 cm³/mol. The Bertz CT molecular complexity index is 246. The van der Waals surface area contributed by atoms with Gasteiger partial charge in [-0.3, -0.25) is 4.68 Å². The topological polar surface area (TPSA) is 36.3 Å². The van der Waals surface area contributed by atoms with Crippen LogP contribution in [0.5, 0.6) is 0 Å². The number of fused-ring (bicyclic) bond motifs is 1. The third kappa shape index (κ3) is 1.04. The van der Waals surface area contributed by atoms with E-state index in [1.165, 1.54) is 0 Å². The normalized spacial score (nSPS) is 23.2. The molecule has 0 aliphatic carbocycles. The molecule has 11 heavy (non-hydrogen) atoms. The van der Waals surface area contributed by atoms with Crippen molar-refractivity contribution in [2.45, 2.75) is 12.8 Å². The lowest BCUT2D eigenvalue weighted by molar-refractivity contribution is -0.147. The van der Waals surface area contributed by atoms with Crippen LogP contribution in [0.25, 0.3) is 0 Å². The van der Waals surface area contributed by atoms with Crippen molar-refractivity contribution in [3.8, 4) is 0 Å². The molecule has 0 spiro atoms. The summed E-state index contributed by atoms with van der Waals surface area (Å²) < 4.78 is 12.3. The number of methoxy groups -OCH3 is 1. The van der Waals surface area contributed by atoms with Gasteiger partial charge in [-0.05, 0) is 6.07 Å². The molecule has 0 saturated carbocycles. The zero-order valence-electron chi connectivity index (χ0n) is 6.36. The molecule has 0 bridgehead atoms. The predicted octanol–water partition coefficient (Wildman–Crippen LogP) is 0.558. The fraction of sp³-hybridized carbons (Fsp3) is 0.571. The van der Waals surface area contributed by atoms with Gasteiger partial charge < -0.3 is 9.47 Å². The van der Waals surface area contributed by atoms with E-state index in [1.807, 2.05) is 10.7 Å². The maximum atomic E-state index is 5.33. The van der Waals surface area contributed by atoms with Crippen LogP contribution in [-0.2, 0) is 16.0 Å². The molecule has 0 radical (unpaired) electrons. The van der Waals surface area contributed by atoms with Crippen molar-refractivity contribution >= 4 is 0 Å². The first-order chi connectivity index (χ1) is 5.42. The summed E-state index contributed by atoms with van der Waals surface area (Å²) in [6.45, 7) is 1.50. The van der Waals surface area contributed by atoms with Crippen molar-refractivity contribution in [2.75, 3.05) is 13.7 Å². The summed E-state index contributed by atoms with van der Waals surface area (Å²) >= 11 is 0. The average molecular weight is 154 g/mol. The SMILES string of the molecule is COC1OCCn2nccc21. The molecule has 1 aliphatic rings. The van der Waals surface area contributed by atoms with Gasteiger partial charge in [0.15, 0.2) is 0 Å². The Morgan fingerprint density at radius 1 is 1.82 bits per heavy atom. The Labute approximate surface area is 64.7 Å². The van der Waals surface area contributed by atoms with E-state index in [0.717, 1.165) is 12.2 Å². The van der Waals surface area contributed by atoms with Crippen LogP contribution in [0.4, 0.5) is 0 Å².